The number of morpholine rings is 1. The minimum Gasteiger partial charge on any atom is -0.378 e. The number of anilines is 2. The SMILES string of the molecule is CCn1c(CNc2ccc(N3CCOCC3)cn2)nc2ccccc21. The highest BCUT2D eigenvalue weighted by Crippen LogP contribution is 2.19. The van der Waals surface area contributed by atoms with Gasteiger partial charge >= 0.3 is 0 Å². The first kappa shape index (κ1) is 15.9. The Kier molecular flexibility index (Phi) is 4.52. The summed E-state index contributed by atoms with van der Waals surface area (Å²) >= 11 is 0. The number of para-hydroxylation sites is 2. The number of rotatable bonds is 5. The number of ether oxygens (including phenoxy) is 1. The number of nitrogens with zero attached hydrogens (tertiary/aromatic N) is 4. The van der Waals surface area contributed by atoms with Gasteiger partial charge in [-0.1, -0.05) is 12.1 Å². The van der Waals surface area contributed by atoms with Gasteiger partial charge in [-0.15, -0.1) is 0 Å². The molecule has 0 bridgehead atoms. The summed E-state index contributed by atoms with van der Waals surface area (Å²) in [5.41, 5.74) is 3.36. The van der Waals surface area contributed by atoms with Gasteiger partial charge in [0.15, 0.2) is 0 Å². The average Bonchev–Trinajstić information content (AvgIpc) is 3.05. The lowest BCUT2D eigenvalue weighted by molar-refractivity contribution is 0.122. The van der Waals surface area contributed by atoms with Crippen molar-refractivity contribution in [3.8, 4) is 0 Å². The molecule has 25 heavy (non-hydrogen) atoms. The number of fused-ring (bicyclic) bond motifs is 1. The number of pyridine rings is 1. The molecule has 1 saturated heterocycles. The Morgan fingerprint density at radius 3 is 2.72 bits per heavy atom. The van der Waals surface area contributed by atoms with Crippen molar-refractivity contribution >= 4 is 22.5 Å². The van der Waals surface area contributed by atoms with E-state index in [9.17, 15) is 0 Å². The monoisotopic (exact) mass is 337 g/mol. The molecule has 0 spiro atoms. The van der Waals surface area contributed by atoms with Gasteiger partial charge in [-0.2, -0.15) is 0 Å². The number of aromatic nitrogens is 3. The number of aryl methyl sites for hydroxylation is 1. The van der Waals surface area contributed by atoms with E-state index in [-0.39, 0.29) is 0 Å². The van der Waals surface area contributed by atoms with Crippen LogP contribution in [-0.2, 0) is 17.8 Å². The van der Waals surface area contributed by atoms with Crippen LogP contribution in [0.15, 0.2) is 42.6 Å². The first-order valence-corrected chi connectivity index (χ1v) is 8.82. The Hall–Kier alpha value is -2.60. The van der Waals surface area contributed by atoms with Crippen molar-refractivity contribution in [2.24, 2.45) is 0 Å². The number of imidazole rings is 1. The normalized spacial score (nSPS) is 14.8. The zero-order chi connectivity index (χ0) is 17.1. The molecule has 3 heterocycles. The molecule has 1 fully saturated rings. The van der Waals surface area contributed by atoms with E-state index in [1.807, 2.05) is 18.3 Å². The summed E-state index contributed by atoms with van der Waals surface area (Å²) in [4.78, 5) is 11.6. The molecule has 0 radical (unpaired) electrons. The molecular weight excluding hydrogens is 314 g/mol. The van der Waals surface area contributed by atoms with Crippen LogP contribution in [0.5, 0.6) is 0 Å². The van der Waals surface area contributed by atoms with Crippen LogP contribution >= 0.6 is 0 Å². The van der Waals surface area contributed by atoms with E-state index in [4.69, 9.17) is 9.72 Å². The summed E-state index contributed by atoms with van der Waals surface area (Å²) in [6.45, 7) is 7.13. The van der Waals surface area contributed by atoms with Gasteiger partial charge in [0, 0.05) is 19.6 Å². The van der Waals surface area contributed by atoms with Gasteiger partial charge in [0.1, 0.15) is 11.6 Å². The molecule has 0 saturated carbocycles. The van der Waals surface area contributed by atoms with E-state index >= 15 is 0 Å². The molecule has 2 aromatic heterocycles. The van der Waals surface area contributed by atoms with Crippen molar-refractivity contribution in [2.45, 2.75) is 20.0 Å². The van der Waals surface area contributed by atoms with Crippen LogP contribution in [0.2, 0.25) is 0 Å². The molecule has 0 unspecified atom stereocenters. The third kappa shape index (κ3) is 3.30. The van der Waals surface area contributed by atoms with Crippen LogP contribution in [0.3, 0.4) is 0 Å². The summed E-state index contributed by atoms with van der Waals surface area (Å²) in [5.74, 6) is 1.90. The highest BCUT2D eigenvalue weighted by molar-refractivity contribution is 5.75. The lowest BCUT2D eigenvalue weighted by Crippen LogP contribution is -2.36. The van der Waals surface area contributed by atoms with Gasteiger partial charge < -0.3 is 19.5 Å². The van der Waals surface area contributed by atoms with Crippen molar-refractivity contribution in [1.82, 2.24) is 14.5 Å². The van der Waals surface area contributed by atoms with Crippen LogP contribution in [0.4, 0.5) is 11.5 Å². The molecule has 6 heteroatoms. The van der Waals surface area contributed by atoms with E-state index in [1.54, 1.807) is 0 Å². The summed E-state index contributed by atoms with van der Waals surface area (Å²) in [7, 11) is 0. The second-order valence-electron chi connectivity index (χ2n) is 6.12. The van der Waals surface area contributed by atoms with Crippen LogP contribution in [0.25, 0.3) is 11.0 Å². The minimum absolute atomic E-state index is 0.659. The molecule has 4 rings (SSSR count). The Labute approximate surface area is 147 Å². The lowest BCUT2D eigenvalue weighted by atomic mass is 10.3. The fourth-order valence-electron chi connectivity index (χ4n) is 3.28. The molecule has 1 N–H and O–H groups in total. The number of nitrogens with one attached hydrogen (secondary N) is 1. The molecule has 130 valence electrons. The third-order valence-corrected chi connectivity index (χ3v) is 4.60. The first-order valence-electron chi connectivity index (χ1n) is 8.82. The van der Waals surface area contributed by atoms with E-state index in [0.717, 1.165) is 55.7 Å². The topological polar surface area (TPSA) is 55.2 Å². The fraction of sp³-hybridized carbons (Fsp3) is 0.368. The van der Waals surface area contributed by atoms with E-state index in [2.05, 4.69) is 51.0 Å². The predicted molar refractivity (Wildman–Crippen MR) is 100 cm³/mol. The van der Waals surface area contributed by atoms with Crippen molar-refractivity contribution in [2.75, 3.05) is 36.5 Å². The van der Waals surface area contributed by atoms with E-state index in [1.165, 1.54) is 5.52 Å². The summed E-state index contributed by atoms with van der Waals surface area (Å²) < 4.78 is 7.64. The van der Waals surface area contributed by atoms with Gasteiger partial charge in [-0.25, -0.2) is 9.97 Å². The number of hydrogen-bond donors (Lipinski definition) is 1. The van der Waals surface area contributed by atoms with Crippen molar-refractivity contribution in [1.29, 1.82) is 0 Å². The Bertz CT molecular complexity index is 837. The maximum absolute atomic E-state index is 5.40. The Morgan fingerprint density at radius 2 is 1.96 bits per heavy atom. The van der Waals surface area contributed by atoms with Crippen LogP contribution < -0.4 is 10.2 Å². The zero-order valence-corrected chi connectivity index (χ0v) is 14.5. The molecule has 1 aliphatic rings. The molecule has 0 atom stereocenters. The maximum Gasteiger partial charge on any atom is 0.129 e. The average molecular weight is 337 g/mol. The predicted octanol–water partition coefficient (Wildman–Crippen LogP) is 2.90. The maximum atomic E-state index is 5.40. The van der Waals surface area contributed by atoms with Crippen LogP contribution in [0.1, 0.15) is 12.7 Å². The van der Waals surface area contributed by atoms with Gasteiger partial charge in [-0.05, 0) is 31.2 Å². The van der Waals surface area contributed by atoms with Crippen LogP contribution in [0, 0.1) is 0 Å². The first-order chi connectivity index (χ1) is 12.3. The summed E-state index contributed by atoms with van der Waals surface area (Å²) in [5, 5.41) is 3.39. The Morgan fingerprint density at radius 1 is 1.12 bits per heavy atom. The lowest BCUT2D eigenvalue weighted by Gasteiger charge is -2.28. The zero-order valence-electron chi connectivity index (χ0n) is 14.5. The smallest absolute Gasteiger partial charge is 0.129 e. The molecule has 6 nitrogen and oxygen atoms in total. The van der Waals surface area contributed by atoms with Crippen molar-refractivity contribution in [3.05, 3.63) is 48.4 Å². The standard InChI is InChI=1S/C19H23N5O/c1-2-24-17-6-4-3-5-16(17)22-19(24)14-21-18-8-7-15(13-20-18)23-9-11-25-12-10-23/h3-8,13H,2,9-12,14H2,1H3,(H,20,21). The Balaban J connectivity index is 1.46. The van der Waals surface area contributed by atoms with Gasteiger partial charge in [-0.3, -0.25) is 0 Å². The number of hydrogen-bond acceptors (Lipinski definition) is 5. The van der Waals surface area contributed by atoms with Gasteiger partial charge in [0.05, 0.1) is 42.7 Å². The van der Waals surface area contributed by atoms with Crippen molar-refractivity contribution < 1.29 is 4.74 Å². The molecule has 0 aliphatic carbocycles. The molecule has 1 aromatic carbocycles. The molecule has 0 amide bonds. The largest absolute Gasteiger partial charge is 0.378 e. The van der Waals surface area contributed by atoms with Gasteiger partial charge in [0.25, 0.3) is 0 Å². The second-order valence-corrected chi connectivity index (χ2v) is 6.12. The van der Waals surface area contributed by atoms with Crippen molar-refractivity contribution in [3.63, 3.8) is 0 Å². The fourth-order valence-corrected chi connectivity index (χ4v) is 3.28. The van der Waals surface area contributed by atoms with E-state index < -0.39 is 0 Å². The van der Waals surface area contributed by atoms with E-state index in [0.29, 0.717) is 6.54 Å². The second kappa shape index (κ2) is 7.11. The summed E-state index contributed by atoms with van der Waals surface area (Å²) in [6, 6.07) is 12.4. The molecule has 3 aromatic rings. The molecule has 1 aliphatic heterocycles. The highest BCUT2D eigenvalue weighted by Gasteiger charge is 2.12. The van der Waals surface area contributed by atoms with Crippen LogP contribution in [-0.4, -0.2) is 40.8 Å². The molecular formula is C19H23N5O. The quantitative estimate of drug-likeness (QED) is 0.776. The number of benzene rings is 1. The third-order valence-electron chi connectivity index (χ3n) is 4.60. The highest BCUT2D eigenvalue weighted by atomic mass is 16.5. The van der Waals surface area contributed by atoms with Gasteiger partial charge in [0.2, 0.25) is 0 Å². The summed E-state index contributed by atoms with van der Waals surface area (Å²) in [6.07, 6.45) is 1.93. The minimum atomic E-state index is 0.659.